The number of esters is 1. The van der Waals surface area contributed by atoms with Gasteiger partial charge in [-0.05, 0) is 31.0 Å². The van der Waals surface area contributed by atoms with Gasteiger partial charge in [-0.15, -0.1) is 0 Å². The lowest BCUT2D eigenvalue weighted by molar-refractivity contribution is -0.155. The Morgan fingerprint density at radius 3 is 2.38 bits per heavy atom. The highest BCUT2D eigenvalue weighted by molar-refractivity contribution is 6.52. The van der Waals surface area contributed by atoms with Gasteiger partial charge in [0, 0.05) is 0 Å². The zero-order chi connectivity index (χ0) is 21.0. The number of hydrogen-bond donors (Lipinski definition) is 1. The fraction of sp³-hybridized carbons (Fsp3) is 0.273. The number of nitrogens with zero attached hydrogens (tertiary/aromatic N) is 1. The number of benzene rings is 2. The van der Waals surface area contributed by atoms with Crippen molar-refractivity contribution < 1.29 is 23.9 Å². The Balaban J connectivity index is 1.62. The average molecular weight is 394 g/mol. The summed E-state index contributed by atoms with van der Waals surface area (Å²) < 4.78 is 5.30. The molecule has 150 valence electrons. The molecule has 2 amide bonds. The summed E-state index contributed by atoms with van der Waals surface area (Å²) in [5, 5.41) is 2.83. The quantitative estimate of drug-likeness (QED) is 0.575. The van der Waals surface area contributed by atoms with Gasteiger partial charge >= 0.3 is 5.97 Å². The molecular weight excluding hydrogens is 372 g/mol. The first-order chi connectivity index (χ1) is 13.9. The average Bonchev–Trinajstić information content (AvgIpc) is 2.97. The highest BCUT2D eigenvalue weighted by Gasteiger charge is 2.37. The number of ether oxygens (including phenoxy) is 1. The number of rotatable bonds is 7. The first kappa shape index (κ1) is 20.3. The number of Topliss-reactive ketones (excluding diaryl/α,β-unsaturated/α-hetero) is 1. The van der Waals surface area contributed by atoms with Gasteiger partial charge in [-0.3, -0.25) is 24.1 Å². The molecule has 7 heteroatoms. The Kier molecular flexibility index (Phi) is 6.07. The molecule has 0 spiro atoms. The first-order valence-corrected chi connectivity index (χ1v) is 9.42. The summed E-state index contributed by atoms with van der Waals surface area (Å²) in [6.07, 6.45) is -0.708. The molecule has 1 heterocycles. The number of nitrogens with one attached hydrogen (secondary N) is 1. The second-order valence-electron chi connectivity index (χ2n) is 6.77. The third-order valence-electron chi connectivity index (χ3n) is 4.76. The van der Waals surface area contributed by atoms with Crippen LogP contribution in [0, 0.1) is 0 Å². The lowest BCUT2D eigenvalue weighted by atomic mass is 10.1. The second-order valence-corrected chi connectivity index (χ2v) is 6.77. The summed E-state index contributed by atoms with van der Waals surface area (Å²) in [5.41, 5.74) is 1.56. The summed E-state index contributed by atoms with van der Waals surface area (Å²) in [6, 6.07) is 15.6. The highest BCUT2D eigenvalue weighted by Crippen LogP contribution is 2.28. The van der Waals surface area contributed by atoms with E-state index in [1.807, 2.05) is 37.3 Å². The van der Waals surface area contributed by atoms with Gasteiger partial charge in [-0.2, -0.15) is 0 Å². The maximum Gasteiger partial charge on any atom is 0.326 e. The number of hydrogen-bond acceptors (Lipinski definition) is 5. The Hall–Kier alpha value is -3.48. The molecule has 1 aliphatic heterocycles. The van der Waals surface area contributed by atoms with Crippen LogP contribution in [0.4, 0.5) is 5.69 Å². The van der Waals surface area contributed by atoms with Crippen LogP contribution in [0.25, 0.3) is 0 Å². The largest absolute Gasteiger partial charge is 0.451 e. The minimum Gasteiger partial charge on any atom is -0.451 e. The Bertz CT molecular complexity index is 941. The number of anilines is 1. The second kappa shape index (κ2) is 8.68. The van der Waals surface area contributed by atoms with Gasteiger partial charge in [-0.25, -0.2) is 0 Å². The van der Waals surface area contributed by atoms with E-state index in [9.17, 15) is 19.2 Å². The van der Waals surface area contributed by atoms with E-state index < -0.39 is 36.2 Å². The molecule has 2 aromatic rings. The zero-order valence-electron chi connectivity index (χ0n) is 16.3. The van der Waals surface area contributed by atoms with Crippen molar-refractivity contribution in [3.63, 3.8) is 0 Å². The topological polar surface area (TPSA) is 92.8 Å². The summed E-state index contributed by atoms with van der Waals surface area (Å²) in [5.74, 6) is -2.60. The fourth-order valence-corrected chi connectivity index (χ4v) is 3.18. The van der Waals surface area contributed by atoms with Crippen LogP contribution < -0.4 is 10.2 Å². The minimum absolute atomic E-state index is 0.249. The maximum atomic E-state index is 12.5. The Morgan fingerprint density at radius 2 is 1.69 bits per heavy atom. The molecule has 0 radical (unpaired) electrons. The lowest BCUT2D eigenvalue weighted by Crippen LogP contribution is -2.42. The van der Waals surface area contributed by atoms with Crippen LogP contribution in [0.15, 0.2) is 54.6 Å². The van der Waals surface area contributed by atoms with E-state index in [1.54, 1.807) is 25.1 Å². The highest BCUT2D eigenvalue weighted by atomic mass is 16.5. The fourth-order valence-electron chi connectivity index (χ4n) is 3.18. The normalized spacial score (nSPS) is 14.9. The minimum atomic E-state index is -0.989. The molecule has 0 bridgehead atoms. The van der Waals surface area contributed by atoms with Gasteiger partial charge in [0.1, 0.15) is 6.54 Å². The summed E-state index contributed by atoms with van der Waals surface area (Å²) in [4.78, 5) is 50.2. The molecule has 0 fully saturated rings. The van der Waals surface area contributed by atoms with Gasteiger partial charge in [0.05, 0.1) is 17.3 Å². The molecule has 29 heavy (non-hydrogen) atoms. The van der Waals surface area contributed by atoms with Crippen molar-refractivity contribution in [1.29, 1.82) is 0 Å². The number of amides is 2. The van der Waals surface area contributed by atoms with E-state index in [4.69, 9.17) is 4.74 Å². The van der Waals surface area contributed by atoms with Crippen molar-refractivity contribution >= 4 is 29.3 Å². The predicted molar refractivity (Wildman–Crippen MR) is 106 cm³/mol. The summed E-state index contributed by atoms with van der Waals surface area (Å²) in [6.45, 7) is 3.14. The van der Waals surface area contributed by atoms with Crippen molar-refractivity contribution in [3.8, 4) is 0 Å². The smallest absolute Gasteiger partial charge is 0.326 e. The van der Waals surface area contributed by atoms with Crippen molar-refractivity contribution in [1.82, 2.24) is 5.32 Å². The molecule has 0 unspecified atom stereocenters. The molecule has 0 aliphatic carbocycles. The summed E-state index contributed by atoms with van der Waals surface area (Å²) >= 11 is 0. The van der Waals surface area contributed by atoms with Crippen molar-refractivity contribution in [3.05, 3.63) is 65.7 Å². The molecular formula is C22H22N2O5. The van der Waals surface area contributed by atoms with Crippen LogP contribution >= 0.6 is 0 Å². The lowest BCUT2D eigenvalue weighted by Gasteiger charge is -2.21. The zero-order valence-corrected chi connectivity index (χ0v) is 16.3. The summed E-state index contributed by atoms with van der Waals surface area (Å²) in [7, 11) is 0. The molecule has 1 N–H and O–H groups in total. The first-order valence-electron chi connectivity index (χ1n) is 9.42. The van der Waals surface area contributed by atoms with Gasteiger partial charge in [-0.1, -0.05) is 49.4 Å². The van der Waals surface area contributed by atoms with Crippen LogP contribution in [0.2, 0.25) is 0 Å². The molecule has 0 saturated heterocycles. The maximum absolute atomic E-state index is 12.5. The number of para-hydroxylation sites is 1. The Morgan fingerprint density at radius 1 is 1.03 bits per heavy atom. The predicted octanol–water partition coefficient (Wildman–Crippen LogP) is 2.42. The van der Waals surface area contributed by atoms with Crippen LogP contribution in [0.3, 0.4) is 0 Å². The number of carbonyl (C=O) groups is 4. The van der Waals surface area contributed by atoms with Crippen molar-refractivity contribution in [2.24, 2.45) is 0 Å². The third kappa shape index (κ3) is 4.34. The van der Waals surface area contributed by atoms with Gasteiger partial charge in [0.2, 0.25) is 0 Å². The number of ketones is 1. The standard InChI is InChI=1S/C22H22N2O5/c1-3-18(21(27)23-14(2)15-9-5-4-6-10-15)29-19(25)13-24-17-12-8-7-11-16(17)20(26)22(24)28/h4-12,14,18H,3,13H2,1-2H3,(H,23,27)/t14-,18+/m1/s1. The van der Waals surface area contributed by atoms with E-state index in [-0.39, 0.29) is 18.0 Å². The van der Waals surface area contributed by atoms with Crippen LogP contribution in [-0.4, -0.2) is 36.2 Å². The van der Waals surface area contributed by atoms with Crippen molar-refractivity contribution in [2.45, 2.75) is 32.4 Å². The van der Waals surface area contributed by atoms with Crippen LogP contribution in [0.5, 0.6) is 0 Å². The SMILES string of the molecule is CC[C@H](OC(=O)CN1C(=O)C(=O)c2ccccc21)C(=O)N[C@H](C)c1ccccc1. The van der Waals surface area contributed by atoms with Crippen molar-refractivity contribution in [2.75, 3.05) is 11.4 Å². The van der Waals surface area contributed by atoms with Gasteiger partial charge < -0.3 is 10.1 Å². The molecule has 2 aromatic carbocycles. The van der Waals surface area contributed by atoms with E-state index >= 15 is 0 Å². The molecule has 0 saturated carbocycles. The molecule has 2 atom stereocenters. The van der Waals surface area contributed by atoms with E-state index in [0.29, 0.717) is 5.69 Å². The molecule has 3 rings (SSSR count). The molecule has 7 nitrogen and oxygen atoms in total. The van der Waals surface area contributed by atoms with E-state index in [1.165, 1.54) is 6.07 Å². The molecule has 1 aliphatic rings. The number of fused-ring (bicyclic) bond motifs is 1. The molecule has 0 aromatic heterocycles. The van der Waals surface area contributed by atoms with Gasteiger partial charge in [0.15, 0.2) is 6.10 Å². The third-order valence-corrected chi connectivity index (χ3v) is 4.76. The van der Waals surface area contributed by atoms with E-state index in [2.05, 4.69) is 5.32 Å². The van der Waals surface area contributed by atoms with Crippen LogP contribution in [-0.2, 0) is 19.1 Å². The van der Waals surface area contributed by atoms with Crippen LogP contribution in [0.1, 0.15) is 42.2 Å². The van der Waals surface area contributed by atoms with E-state index in [0.717, 1.165) is 10.5 Å². The Labute approximate surface area is 168 Å². The van der Waals surface area contributed by atoms with Gasteiger partial charge in [0.25, 0.3) is 17.6 Å². The number of carbonyl (C=O) groups excluding carboxylic acids is 4. The monoisotopic (exact) mass is 394 g/mol.